The number of carbonyl (C=O) groups excluding carboxylic acids is 1. The molecule has 2 atom stereocenters. The number of rotatable bonds is 6. The summed E-state index contributed by atoms with van der Waals surface area (Å²) in [5.74, 6) is -0.397. The molecule has 1 fully saturated rings. The number of hydrogen-bond acceptors (Lipinski definition) is 4. The van der Waals surface area contributed by atoms with Crippen LogP contribution in [0.25, 0.3) is 0 Å². The zero-order valence-electron chi connectivity index (χ0n) is 15.0. The van der Waals surface area contributed by atoms with Crippen LogP contribution in [0, 0.1) is 11.7 Å². The standard InChI is InChI=1S/C21H22FN3O2/c22-17-8-6-16(7-9-17)12-25-13-18-19(14-25)27-24-20(18)21(26)23-11-10-15-4-2-1-3-5-15/h1-9,18-19H,10-14H2,(H,23,26)/t18-,19+/m0/s1. The molecule has 2 aromatic rings. The molecule has 2 aliphatic rings. The number of nitrogens with one attached hydrogen (secondary N) is 1. The van der Waals surface area contributed by atoms with Gasteiger partial charge in [0, 0.05) is 26.2 Å². The summed E-state index contributed by atoms with van der Waals surface area (Å²) in [7, 11) is 0. The van der Waals surface area contributed by atoms with Crippen LogP contribution in [0.2, 0.25) is 0 Å². The second kappa shape index (κ2) is 7.88. The molecule has 0 unspecified atom stereocenters. The summed E-state index contributed by atoms with van der Waals surface area (Å²) in [5, 5.41) is 6.97. The molecule has 0 aliphatic carbocycles. The Morgan fingerprint density at radius 1 is 1.11 bits per heavy atom. The Labute approximate surface area is 157 Å². The molecule has 1 amide bonds. The van der Waals surface area contributed by atoms with E-state index in [1.165, 1.54) is 17.7 Å². The Bertz CT molecular complexity index is 823. The molecule has 0 radical (unpaired) electrons. The van der Waals surface area contributed by atoms with Crippen LogP contribution in [0.3, 0.4) is 0 Å². The van der Waals surface area contributed by atoms with Crippen molar-refractivity contribution in [2.24, 2.45) is 11.1 Å². The Morgan fingerprint density at radius 3 is 2.67 bits per heavy atom. The largest absolute Gasteiger partial charge is 0.390 e. The molecule has 1 saturated heterocycles. The first-order valence-electron chi connectivity index (χ1n) is 9.21. The number of benzene rings is 2. The van der Waals surface area contributed by atoms with Gasteiger partial charge in [0.25, 0.3) is 5.91 Å². The fourth-order valence-electron chi connectivity index (χ4n) is 3.66. The topological polar surface area (TPSA) is 53.9 Å². The summed E-state index contributed by atoms with van der Waals surface area (Å²) in [6.45, 7) is 2.71. The SMILES string of the molecule is O=C(NCCc1ccccc1)C1=NO[C@@H]2CN(Cc3ccc(F)cc3)C[C@H]12. The molecule has 140 valence electrons. The van der Waals surface area contributed by atoms with Crippen molar-refractivity contribution in [2.45, 2.75) is 19.1 Å². The molecule has 0 bridgehead atoms. The van der Waals surface area contributed by atoms with E-state index in [4.69, 9.17) is 4.84 Å². The third kappa shape index (κ3) is 4.17. The summed E-state index contributed by atoms with van der Waals surface area (Å²) in [5.41, 5.74) is 2.71. The molecule has 27 heavy (non-hydrogen) atoms. The zero-order valence-corrected chi connectivity index (χ0v) is 15.0. The maximum Gasteiger partial charge on any atom is 0.269 e. The smallest absolute Gasteiger partial charge is 0.269 e. The van der Waals surface area contributed by atoms with Gasteiger partial charge >= 0.3 is 0 Å². The fraction of sp³-hybridized carbons (Fsp3) is 0.333. The number of carbonyl (C=O) groups is 1. The highest BCUT2D eigenvalue weighted by molar-refractivity contribution is 6.40. The van der Waals surface area contributed by atoms with Gasteiger partial charge in [0.15, 0.2) is 5.71 Å². The normalized spacial score (nSPS) is 21.4. The van der Waals surface area contributed by atoms with Crippen LogP contribution in [0.15, 0.2) is 59.8 Å². The molecule has 0 spiro atoms. The predicted octanol–water partition coefficient (Wildman–Crippen LogP) is 2.37. The van der Waals surface area contributed by atoms with E-state index in [9.17, 15) is 9.18 Å². The van der Waals surface area contributed by atoms with Crippen molar-refractivity contribution in [1.29, 1.82) is 0 Å². The van der Waals surface area contributed by atoms with E-state index in [2.05, 4.69) is 15.4 Å². The number of likely N-dealkylation sites (tertiary alicyclic amines) is 1. The van der Waals surface area contributed by atoms with Crippen LogP contribution in [-0.2, 0) is 22.6 Å². The Hall–Kier alpha value is -2.73. The van der Waals surface area contributed by atoms with Crippen LogP contribution in [-0.4, -0.2) is 42.3 Å². The maximum atomic E-state index is 13.0. The summed E-state index contributed by atoms with van der Waals surface area (Å²) < 4.78 is 13.0. The van der Waals surface area contributed by atoms with Crippen molar-refractivity contribution >= 4 is 11.6 Å². The lowest BCUT2D eigenvalue weighted by atomic mass is 10.0. The highest BCUT2D eigenvalue weighted by Gasteiger charge is 2.44. The first-order chi connectivity index (χ1) is 13.2. The molecule has 6 heteroatoms. The highest BCUT2D eigenvalue weighted by atomic mass is 19.1. The van der Waals surface area contributed by atoms with Gasteiger partial charge in [-0.1, -0.05) is 47.6 Å². The van der Waals surface area contributed by atoms with Gasteiger partial charge in [-0.3, -0.25) is 9.69 Å². The molecule has 2 heterocycles. The van der Waals surface area contributed by atoms with Gasteiger partial charge in [0.05, 0.1) is 5.92 Å². The van der Waals surface area contributed by atoms with Crippen LogP contribution in [0.1, 0.15) is 11.1 Å². The van der Waals surface area contributed by atoms with Gasteiger partial charge in [-0.15, -0.1) is 0 Å². The molecule has 0 saturated carbocycles. The molecule has 1 N–H and O–H groups in total. The molecule has 0 aromatic heterocycles. The van der Waals surface area contributed by atoms with E-state index in [1.54, 1.807) is 12.1 Å². The third-order valence-corrected chi connectivity index (χ3v) is 5.07. The molecule has 4 rings (SSSR count). The summed E-state index contributed by atoms with van der Waals surface area (Å²) in [6, 6.07) is 16.6. The molecule has 2 aromatic carbocycles. The number of hydrogen-bond donors (Lipinski definition) is 1. The van der Waals surface area contributed by atoms with E-state index < -0.39 is 0 Å². The van der Waals surface area contributed by atoms with Crippen LogP contribution in [0.4, 0.5) is 4.39 Å². The van der Waals surface area contributed by atoms with Gasteiger partial charge in [0.1, 0.15) is 11.9 Å². The zero-order chi connectivity index (χ0) is 18.6. The van der Waals surface area contributed by atoms with E-state index >= 15 is 0 Å². The predicted molar refractivity (Wildman–Crippen MR) is 101 cm³/mol. The minimum absolute atomic E-state index is 0.0119. The Balaban J connectivity index is 1.29. The summed E-state index contributed by atoms with van der Waals surface area (Å²) in [4.78, 5) is 20.2. The van der Waals surface area contributed by atoms with Crippen LogP contribution < -0.4 is 5.32 Å². The molecular formula is C21H22FN3O2. The summed E-state index contributed by atoms with van der Waals surface area (Å²) in [6.07, 6.45) is 0.700. The van der Waals surface area contributed by atoms with Gasteiger partial charge in [0.2, 0.25) is 0 Å². The second-order valence-electron chi connectivity index (χ2n) is 7.04. The molecule has 5 nitrogen and oxygen atoms in total. The Morgan fingerprint density at radius 2 is 1.89 bits per heavy atom. The number of fused-ring (bicyclic) bond motifs is 1. The lowest BCUT2D eigenvalue weighted by Gasteiger charge is -2.16. The van der Waals surface area contributed by atoms with E-state index in [0.717, 1.165) is 12.0 Å². The average molecular weight is 367 g/mol. The van der Waals surface area contributed by atoms with Gasteiger partial charge in [-0.05, 0) is 29.7 Å². The fourth-order valence-corrected chi connectivity index (χ4v) is 3.66. The van der Waals surface area contributed by atoms with E-state index in [0.29, 0.717) is 31.9 Å². The summed E-state index contributed by atoms with van der Waals surface area (Å²) >= 11 is 0. The number of halogens is 1. The first-order valence-corrected chi connectivity index (χ1v) is 9.21. The number of amides is 1. The van der Waals surface area contributed by atoms with Crippen molar-refractivity contribution in [1.82, 2.24) is 10.2 Å². The van der Waals surface area contributed by atoms with E-state index in [1.807, 2.05) is 30.3 Å². The van der Waals surface area contributed by atoms with Gasteiger partial charge in [-0.2, -0.15) is 0 Å². The average Bonchev–Trinajstić information content (AvgIpc) is 3.24. The van der Waals surface area contributed by atoms with Gasteiger partial charge in [-0.25, -0.2) is 4.39 Å². The van der Waals surface area contributed by atoms with Crippen molar-refractivity contribution in [3.8, 4) is 0 Å². The van der Waals surface area contributed by atoms with Crippen LogP contribution >= 0.6 is 0 Å². The quantitative estimate of drug-likeness (QED) is 0.853. The lowest BCUT2D eigenvalue weighted by Crippen LogP contribution is -2.37. The first kappa shape index (κ1) is 17.7. The third-order valence-electron chi connectivity index (χ3n) is 5.07. The maximum absolute atomic E-state index is 13.0. The van der Waals surface area contributed by atoms with Crippen molar-refractivity contribution < 1.29 is 14.0 Å². The van der Waals surface area contributed by atoms with Crippen LogP contribution in [0.5, 0.6) is 0 Å². The minimum atomic E-state index is -0.234. The lowest BCUT2D eigenvalue weighted by molar-refractivity contribution is -0.115. The minimum Gasteiger partial charge on any atom is -0.390 e. The van der Waals surface area contributed by atoms with E-state index in [-0.39, 0.29) is 23.7 Å². The monoisotopic (exact) mass is 367 g/mol. The number of nitrogens with zero attached hydrogens (tertiary/aromatic N) is 2. The van der Waals surface area contributed by atoms with Crippen molar-refractivity contribution in [3.05, 3.63) is 71.5 Å². The van der Waals surface area contributed by atoms with Crippen molar-refractivity contribution in [2.75, 3.05) is 19.6 Å². The van der Waals surface area contributed by atoms with Crippen molar-refractivity contribution in [3.63, 3.8) is 0 Å². The molecular weight excluding hydrogens is 345 g/mol. The molecule has 2 aliphatic heterocycles. The highest BCUT2D eigenvalue weighted by Crippen LogP contribution is 2.28. The second-order valence-corrected chi connectivity index (χ2v) is 7.04. The Kier molecular flexibility index (Phi) is 5.16. The number of oxime groups is 1. The van der Waals surface area contributed by atoms with Gasteiger partial charge < -0.3 is 10.2 Å².